The van der Waals surface area contributed by atoms with Crippen LogP contribution in [0.4, 0.5) is 0 Å². The molecule has 0 saturated heterocycles. The number of benzene rings is 1. The van der Waals surface area contributed by atoms with E-state index in [1.54, 1.807) is 26.2 Å². The lowest BCUT2D eigenvalue weighted by atomic mass is 9.90. The van der Waals surface area contributed by atoms with Gasteiger partial charge in [-0.2, -0.15) is 0 Å². The molecule has 0 spiro atoms. The van der Waals surface area contributed by atoms with Crippen LogP contribution >= 0.6 is 0 Å². The molecule has 1 amide bonds. The summed E-state index contributed by atoms with van der Waals surface area (Å²) in [4.78, 5) is 23.6. The van der Waals surface area contributed by atoms with Crippen molar-refractivity contribution in [2.45, 2.75) is 32.3 Å². The fourth-order valence-electron chi connectivity index (χ4n) is 2.37. The molecule has 0 aromatic heterocycles. The molecule has 0 aliphatic heterocycles. The number of amides is 1. The van der Waals surface area contributed by atoms with Crippen LogP contribution in [0.25, 0.3) is 0 Å². The highest BCUT2D eigenvalue weighted by Gasteiger charge is 2.19. The van der Waals surface area contributed by atoms with E-state index in [9.17, 15) is 9.59 Å². The number of ether oxygens (including phenoxy) is 2. The molecule has 1 atom stereocenters. The van der Waals surface area contributed by atoms with E-state index >= 15 is 0 Å². The molecule has 0 fully saturated rings. The molecule has 1 aliphatic carbocycles. The molecule has 5 nitrogen and oxygen atoms in total. The van der Waals surface area contributed by atoms with Gasteiger partial charge in [-0.05, 0) is 43.5 Å². The van der Waals surface area contributed by atoms with Crippen LogP contribution < -0.4 is 10.1 Å². The Morgan fingerprint density at radius 2 is 2.19 bits per heavy atom. The van der Waals surface area contributed by atoms with Crippen molar-refractivity contribution in [3.8, 4) is 5.75 Å². The molecular weight excluding hydrogens is 270 g/mol. The summed E-state index contributed by atoms with van der Waals surface area (Å²) in [6.07, 6.45) is 1.79. The maximum atomic E-state index is 11.8. The smallest absolute Gasteiger partial charge is 0.260 e. The molecule has 1 aromatic carbocycles. The van der Waals surface area contributed by atoms with Crippen molar-refractivity contribution >= 4 is 11.7 Å². The van der Waals surface area contributed by atoms with Crippen LogP contribution in [-0.2, 0) is 16.0 Å². The lowest BCUT2D eigenvalue weighted by Gasteiger charge is -2.18. The van der Waals surface area contributed by atoms with E-state index in [0.29, 0.717) is 25.3 Å². The van der Waals surface area contributed by atoms with Gasteiger partial charge in [0.05, 0.1) is 6.61 Å². The Morgan fingerprint density at radius 1 is 1.38 bits per heavy atom. The Labute approximate surface area is 124 Å². The summed E-state index contributed by atoms with van der Waals surface area (Å²) in [6, 6.07) is 5.41. The van der Waals surface area contributed by atoms with Gasteiger partial charge in [-0.3, -0.25) is 9.59 Å². The number of hydrogen-bond donors (Lipinski definition) is 1. The molecule has 0 radical (unpaired) electrons. The monoisotopic (exact) mass is 291 g/mol. The van der Waals surface area contributed by atoms with Gasteiger partial charge in [0.15, 0.2) is 11.9 Å². The molecule has 114 valence electrons. The van der Waals surface area contributed by atoms with E-state index in [4.69, 9.17) is 9.47 Å². The van der Waals surface area contributed by atoms with Gasteiger partial charge in [-0.25, -0.2) is 0 Å². The second-order valence-electron chi connectivity index (χ2n) is 5.14. The first-order valence-electron chi connectivity index (χ1n) is 7.21. The summed E-state index contributed by atoms with van der Waals surface area (Å²) in [5.41, 5.74) is 1.79. The molecule has 0 saturated carbocycles. The Hall–Kier alpha value is -1.88. The Kier molecular flexibility index (Phi) is 5.33. The lowest BCUT2D eigenvalue weighted by Crippen LogP contribution is -2.37. The summed E-state index contributed by atoms with van der Waals surface area (Å²) in [5, 5.41) is 2.73. The summed E-state index contributed by atoms with van der Waals surface area (Å²) in [5.74, 6) is 0.631. The SMILES string of the molecule is COCCNC(=O)C(C)Oc1ccc2c(c1)CCCC2=O. The number of fused-ring (bicyclic) bond motifs is 1. The minimum atomic E-state index is -0.584. The first-order chi connectivity index (χ1) is 10.1. The summed E-state index contributed by atoms with van der Waals surface area (Å²) in [6.45, 7) is 2.63. The standard InChI is InChI=1S/C16H21NO4/c1-11(16(19)17-8-9-20-2)21-13-6-7-14-12(10-13)4-3-5-15(14)18/h6-7,10-11H,3-5,8-9H2,1-2H3,(H,17,19). The van der Waals surface area contributed by atoms with Gasteiger partial charge in [0.1, 0.15) is 5.75 Å². The topological polar surface area (TPSA) is 64.6 Å². The number of methoxy groups -OCH3 is 1. The molecule has 1 unspecified atom stereocenters. The number of Topliss-reactive ketones (excluding diaryl/α,β-unsaturated/α-hetero) is 1. The molecular formula is C16H21NO4. The second-order valence-corrected chi connectivity index (χ2v) is 5.14. The molecule has 21 heavy (non-hydrogen) atoms. The highest BCUT2D eigenvalue weighted by atomic mass is 16.5. The molecule has 0 bridgehead atoms. The van der Waals surface area contributed by atoms with Gasteiger partial charge < -0.3 is 14.8 Å². The zero-order chi connectivity index (χ0) is 15.2. The predicted octanol–water partition coefficient (Wildman–Crippen LogP) is 1.74. The first kappa shape index (κ1) is 15.5. The van der Waals surface area contributed by atoms with E-state index in [1.807, 2.05) is 6.07 Å². The molecule has 5 heteroatoms. The fourth-order valence-corrected chi connectivity index (χ4v) is 2.37. The quantitative estimate of drug-likeness (QED) is 0.811. The third-order valence-electron chi connectivity index (χ3n) is 3.51. The molecule has 1 N–H and O–H groups in total. The van der Waals surface area contributed by atoms with Crippen LogP contribution in [0.15, 0.2) is 18.2 Å². The molecule has 1 aromatic rings. The number of carbonyl (C=O) groups is 2. The zero-order valence-corrected chi connectivity index (χ0v) is 12.5. The highest BCUT2D eigenvalue weighted by Crippen LogP contribution is 2.25. The van der Waals surface area contributed by atoms with Gasteiger partial charge >= 0.3 is 0 Å². The predicted molar refractivity (Wildman–Crippen MR) is 78.7 cm³/mol. The normalized spacial score (nSPS) is 15.2. The second kappa shape index (κ2) is 7.22. The van der Waals surface area contributed by atoms with Crippen LogP contribution in [0.5, 0.6) is 5.75 Å². The minimum absolute atomic E-state index is 0.180. The first-order valence-corrected chi connectivity index (χ1v) is 7.21. The third-order valence-corrected chi connectivity index (χ3v) is 3.51. The van der Waals surface area contributed by atoms with E-state index in [2.05, 4.69) is 5.32 Å². The van der Waals surface area contributed by atoms with Gasteiger partial charge in [-0.15, -0.1) is 0 Å². The average molecular weight is 291 g/mol. The highest BCUT2D eigenvalue weighted by molar-refractivity contribution is 5.98. The van der Waals surface area contributed by atoms with Crippen LogP contribution in [0.2, 0.25) is 0 Å². The molecule has 1 aliphatic rings. The number of carbonyl (C=O) groups excluding carboxylic acids is 2. The lowest BCUT2D eigenvalue weighted by molar-refractivity contribution is -0.127. The maximum Gasteiger partial charge on any atom is 0.260 e. The summed E-state index contributed by atoms with van der Waals surface area (Å²) in [7, 11) is 1.58. The fraction of sp³-hybridized carbons (Fsp3) is 0.500. The van der Waals surface area contributed by atoms with Crippen LogP contribution in [0.1, 0.15) is 35.7 Å². The number of rotatable bonds is 6. The number of aryl methyl sites for hydroxylation is 1. The number of ketones is 1. The van der Waals surface area contributed by atoms with Crippen LogP contribution in [0, 0.1) is 0 Å². The minimum Gasteiger partial charge on any atom is -0.481 e. The number of nitrogens with one attached hydrogen (secondary N) is 1. The Morgan fingerprint density at radius 3 is 2.95 bits per heavy atom. The third kappa shape index (κ3) is 4.04. The van der Waals surface area contributed by atoms with E-state index < -0.39 is 6.10 Å². The number of hydrogen-bond acceptors (Lipinski definition) is 4. The largest absolute Gasteiger partial charge is 0.481 e. The van der Waals surface area contributed by atoms with E-state index in [0.717, 1.165) is 24.0 Å². The molecule has 2 rings (SSSR count). The van der Waals surface area contributed by atoms with Crippen molar-refractivity contribution < 1.29 is 19.1 Å². The summed E-state index contributed by atoms with van der Waals surface area (Å²) >= 11 is 0. The van der Waals surface area contributed by atoms with E-state index in [1.165, 1.54) is 0 Å². The maximum absolute atomic E-state index is 11.8. The van der Waals surface area contributed by atoms with Crippen LogP contribution in [0.3, 0.4) is 0 Å². The van der Waals surface area contributed by atoms with Gasteiger partial charge in [0.25, 0.3) is 5.91 Å². The van der Waals surface area contributed by atoms with Crippen LogP contribution in [-0.4, -0.2) is 38.1 Å². The van der Waals surface area contributed by atoms with E-state index in [-0.39, 0.29) is 11.7 Å². The van der Waals surface area contributed by atoms with Crippen molar-refractivity contribution in [2.24, 2.45) is 0 Å². The average Bonchev–Trinajstić information content (AvgIpc) is 2.47. The van der Waals surface area contributed by atoms with Crippen molar-refractivity contribution in [1.82, 2.24) is 5.32 Å². The zero-order valence-electron chi connectivity index (χ0n) is 12.5. The molecule has 0 heterocycles. The van der Waals surface area contributed by atoms with Gasteiger partial charge in [0.2, 0.25) is 0 Å². The van der Waals surface area contributed by atoms with Crippen molar-refractivity contribution in [1.29, 1.82) is 0 Å². The Balaban J connectivity index is 1.96. The van der Waals surface area contributed by atoms with Crippen molar-refractivity contribution in [3.63, 3.8) is 0 Å². The summed E-state index contributed by atoms with van der Waals surface area (Å²) < 4.78 is 10.5. The van der Waals surface area contributed by atoms with Crippen molar-refractivity contribution in [2.75, 3.05) is 20.3 Å². The van der Waals surface area contributed by atoms with Crippen molar-refractivity contribution in [3.05, 3.63) is 29.3 Å². The van der Waals surface area contributed by atoms with Gasteiger partial charge in [-0.1, -0.05) is 0 Å². The van der Waals surface area contributed by atoms with Gasteiger partial charge in [0, 0.05) is 25.6 Å². The Bertz CT molecular complexity index is 527.